The van der Waals surface area contributed by atoms with E-state index in [9.17, 15) is 9.59 Å². The summed E-state index contributed by atoms with van der Waals surface area (Å²) in [6.45, 7) is 4.70. The minimum atomic E-state index is -0.891. The van der Waals surface area contributed by atoms with Gasteiger partial charge in [-0.3, -0.25) is 4.79 Å². The van der Waals surface area contributed by atoms with Crippen LogP contribution >= 0.6 is 0 Å². The van der Waals surface area contributed by atoms with Gasteiger partial charge in [-0.15, -0.1) is 0 Å². The Morgan fingerprint density at radius 1 is 1.44 bits per heavy atom. The zero-order valence-corrected chi connectivity index (χ0v) is 9.90. The average Bonchev–Trinajstić information content (AvgIpc) is 2.25. The lowest BCUT2D eigenvalue weighted by Gasteiger charge is -2.33. The first-order chi connectivity index (χ1) is 7.52. The number of amides is 1. The molecular formula is C11H20N2O3. The lowest BCUT2D eigenvalue weighted by molar-refractivity contribution is -0.151. The Kier molecular flexibility index (Phi) is 4.73. The minimum absolute atomic E-state index is 0.110. The van der Waals surface area contributed by atoms with E-state index in [1.165, 1.54) is 4.90 Å². The van der Waals surface area contributed by atoms with E-state index in [2.05, 4.69) is 5.32 Å². The van der Waals surface area contributed by atoms with Crippen molar-refractivity contribution in [1.82, 2.24) is 10.2 Å². The van der Waals surface area contributed by atoms with Gasteiger partial charge in [-0.2, -0.15) is 0 Å². The predicted octanol–water partition coefficient (Wildman–Crippen LogP) is 0.450. The largest absolute Gasteiger partial charge is 0.480 e. The molecule has 0 aliphatic carbocycles. The van der Waals surface area contributed by atoms with Crippen molar-refractivity contribution in [3.8, 4) is 0 Å². The zero-order chi connectivity index (χ0) is 12.1. The summed E-state index contributed by atoms with van der Waals surface area (Å²) in [5.41, 5.74) is 0. The molecule has 0 bridgehead atoms. The molecule has 0 aromatic rings. The van der Waals surface area contributed by atoms with Gasteiger partial charge in [0.15, 0.2) is 0 Å². The van der Waals surface area contributed by atoms with Gasteiger partial charge in [0.2, 0.25) is 5.91 Å². The second-order valence-electron chi connectivity index (χ2n) is 4.47. The number of piperidine rings is 1. The van der Waals surface area contributed by atoms with Crippen molar-refractivity contribution in [3.63, 3.8) is 0 Å². The van der Waals surface area contributed by atoms with Crippen molar-refractivity contribution in [2.45, 2.75) is 45.2 Å². The van der Waals surface area contributed by atoms with Crippen LogP contribution in [-0.2, 0) is 9.59 Å². The van der Waals surface area contributed by atoms with Crippen LogP contribution in [0.5, 0.6) is 0 Å². The van der Waals surface area contributed by atoms with Crippen molar-refractivity contribution in [3.05, 3.63) is 0 Å². The maximum absolute atomic E-state index is 11.8. The number of hydrogen-bond donors (Lipinski definition) is 2. The van der Waals surface area contributed by atoms with Crippen molar-refractivity contribution < 1.29 is 14.7 Å². The Balaban J connectivity index is 2.54. The molecule has 1 saturated heterocycles. The predicted molar refractivity (Wildman–Crippen MR) is 60.1 cm³/mol. The lowest BCUT2D eigenvalue weighted by atomic mass is 10.0. The molecule has 1 atom stereocenters. The monoisotopic (exact) mass is 228 g/mol. The molecule has 1 heterocycles. The molecule has 1 rings (SSSR count). The molecular weight excluding hydrogens is 208 g/mol. The van der Waals surface area contributed by atoms with E-state index in [1.807, 2.05) is 13.8 Å². The Hall–Kier alpha value is -1.10. The third-order valence-electron chi connectivity index (χ3n) is 2.77. The number of rotatable bonds is 4. The average molecular weight is 228 g/mol. The highest BCUT2D eigenvalue weighted by Gasteiger charge is 2.31. The minimum Gasteiger partial charge on any atom is -0.480 e. The molecule has 5 heteroatoms. The molecule has 0 aromatic heterocycles. The number of carboxylic acid groups (broad SMARTS) is 1. The van der Waals surface area contributed by atoms with Gasteiger partial charge < -0.3 is 15.3 Å². The molecule has 1 aliphatic rings. The highest BCUT2D eigenvalue weighted by Crippen LogP contribution is 2.17. The first kappa shape index (κ1) is 13.0. The number of hydrogen-bond acceptors (Lipinski definition) is 3. The molecule has 0 unspecified atom stereocenters. The van der Waals surface area contributed by atoms with Crippen molar-refractivity contribution in [1.29, 1.82) is 0 Å². The Bertz CT molecular complexity index is 266. The van der Waals surface area contributed by atoms with Crippen LogP contribution in [0.4, 0.5) is 0 Å². The fraction of sp³-hybridized carbons (Fsp3) is 0.818. The number of carbonyl (C=O) groups is 2. The van der Waals surface area contributed by atoms with E-state index >= 15 is 0 Å². The zero-order valence-electron chi connectivity index (χ0n) is 9.90. The number of carboxylic acids is 1. The highest BCUT2D eigenvalue weighted by molar-refractivity contribution is 5.85. The van der Waals surface area contributed by atoms with Crippen LogP contribution in [0, 0.1) is 0 Å². The molecule has 16 heavy (non-hydrogen) atoms. The third kappa shape index (κ3) is 3.48. The SMILES string of the molecule is CC(C)NCC(=O)N1CCCC[C@@H]1C(=O)O. The van der Waals surface area contributed by atoms with Crippen molar-refractivity contribution in [2.24, 2.45) is 0 Å². The maximum Gasteiger partial charge on any atom is 0.326 e. The van der Waals surface area contributed by atoms with E-state index in [0.29, 0.717) is 13.0 Å². The second-order valence-corrected chi connectivity index (χ2v) is 4.47. The summed E-state index contributed by atoms with van der Waals surface area (Å²) in [6.07, 6.45) is 2.36. The smallest absolute Gasteiger partial charge is 0.326 e. The topological polar surface area (TPSA) is 69.6 Å². The van der Waals surface area contributed by atoms with E-state index in [0.717, 1.165) is 12.8 Å². The van der Waals surface area contributed by atoms with Crippen molar-refractivity contribution >= 4 is 11.9 Å². The first-order valence-corrected chi connectivity index (χ1v) is 5.78. The first-order valence-electron chi connectivity index (χ1n) is 5.78. The van der Waals surface area contributed by atoms with Gasteiger partial charge in [-0.1, -0.05) is 13.8 Å². The molecule has 0 spiro atoms. The van der Waals surface area contributed by atoms with Crippen LogP contribution in [0.25, 0.3) is 0 Å². The van der Waals surface area contributed by atoms with E-state index in [-0.39, 0.29) is 18.5 Å². The molecule has 0 saturated carbocycles. The molecule has 1 aliphatic heterocycles. The van der Waals surface area contributed by atoms with Crippen LogP contribution in [-0.4, -0.2) is 47.1 Å². The normalized spacial score (nSPS) is 21.2. The van der Waals surface area contributed by atoms with E-state index in [4.69, 9.17) is 5.11 Å². The summed E-state index contributed by atoms with van der Waals surface area (Å²) in [6, 6.07) is -0.396. The molecule has 2 N–H and O–H groups in total. The molecule has 1 fully saturated rings. The number of aliphatic carboxylic acids is 1. The Morgan fingerprint density at radius 3 is 2.69 bits per heavy atom. The molecule has 5 nitrogen and oxygen atoms in total. The van der Waals surface area contributed by atoms with Crippen LogP contribution in [0.2, 0.25) is 0 Å². The maximum atomic E-state index is 11.8. The summed E-state index contributed by atoms with van der Waals surface area (Å²) in [7, 11) is 0. The van der Waals surface area contributed by atoms with Crippen LogP contribution < -0.4 is 5.32 Å². The van der Waals surface area contributed by atoms with Crippen molar-refractivity contribution in [2.75, 3.05) is 13.1 Å². The van der Waals surface area contributed by atoms with Gasteiger partial charge in [-0.25, -0.2) is 4.79 Å². The van der Waals surface area contributed by atoms with Crippen LogP contribution in [0.3, 0.4) is 0 Å². The van der Waals surface area contributed by atoms with E-state index < -0.39 is 12.0 Å². The van der Waals surface area contributed by atoms with Crippen LogP contribution in [0.1, 0.15) is 33.1 Å². The fourth-order valence-corrected chi connectivity index (χ4v) is 1.88. The third-order valence-corrected chi connectivity index (χ3v) is 2.77. The number of nitrogens with zero attached hydrogens (tertiary/aromatic N) is 1. The Morgan fingerprint density at radius 2 is 2.12 bits per heavy atom. The summed E-state index contributed by atoms with van der Waals surface area (Å²) < 4.78 is 0. The molecule has 1 amide bonds. The van der Waals surface area contributed by atoms with Gasteiger partial charge in [0.05, 0.1) is 6.54 Å². The van der Waals surface area contributed by atoms with E-state index in [1.54, 1.807) is 0 Å². The summed E-state index contributed by atoms with van der Waals surface area (Å²) in [5, 5.41) is 12.0. The standard InChI is InChI=1S/C11H20N2O3/c1-8(2)12-7-10(14)13-6-4-3-5-9(13)11(15)16/h8-9,12H,3-7H2,1-2H3,(H,15,16)/t9-/m1/s1. The summed E-state index contributed by atoms with van der Waals surface area (Å²) in [4.78, 5) is 24.3. The molecule has 0 aromatic carbocycles. The molecule has 0 radical (unpaired) electrons. The van der Waals surface area contributed by atoms with Crippen LogP contribution in [0.15, 0.2) is 0 Å². The highest BCUT2D eigenvalue weighted by atomic mass is 16.4. The lowest BCUT2D eigenvalue weighted by Crippen LogP contribution is -2.51. The van der Waals surface area contributed by atoms with Gasteiger partial charge in [0.25, 0.3) is 0 Å². The van der Waals surface area contributed by atoms with Gasteiger partial charge >= 0.3 is 5.97 Å². The fourth-order valence-electron chi connectivity index (χ4n) is 1.88. The van der Waals surface area contributed by atoms with Gasteiger partial charge in [0.1, 0.15) is 6.04 Å². The Labute approximate surface area is 95.8 Å². The van der Waals surface area contributed by atoms with Gasteiger partial charge in [0, 0.05) is 12.6 Å². The second kappa shape index (κ2) is 5.84. The number of nitrogens with one attached hydrogen (secondary N) is 1. The number of likely N-dealkylation sites (tertiary alicyclic amines) is 1. The number of carbonyl (C=O) groups excluding carboxylic acids is 1. The summed E-state index contributed by atoms with van der Waals surface area (Å²) >= 11 is 0. The summed E-state index contributed by atoms with van der Waals surface area (Å²) in [5.74, 6) is -1.00. The van der Waals surface area contributed by atoms with Gasteiger partial charge in [-0.05, 0) is 19.3 Å². The quantitative estimate of drug-likeness (QED) is 0.733. The molecule has 92 valence electrons.